The topological polar surface area (TPSA) is 120 Å². The van der Waals surface area contributed by atoms with Crippen LogP contribution in [0.15, 0.2) is 77.7 Å². The van der Waals surface area contributed by atoms with E-state index in [9.17, 15) is 27.5 Å². The molecule has 0 saturated carbocycles. The summed E-state index contributed by atoms with van der Waals surface area (Å²) in [4.78, 5) is 32.3. The molecular formula is C28H28Cl3FN4O5S. The van der Waals surface area contributed by atoms with Gasteiger partial charge >= 0.3 is 5.97 Å². The van der Waals surface area contributed by atoms with E-state index in [0.29, 0.717) is 43.1 Å². The van der Waals surface area contributed by atoms with Crippen molar-refractivity contribution in [1.29, 1.82) is 0 Å². The van der Waals surface area contributed by atoms with E-state index in [2.05, 4.69) is 14.6 Å². The van der Waals surface area contributed by atoms with Crippen molar-refractivity contribution in [1.82, 2.24) is 4.98 Å². The number of sulfonamides is 1. The summed E-state index contributed by atoms with van der Waals surface area (Å²) in [5.74, 6) is -1.33. The van der Waals surface area contributed by atoms with Crippen molar-refractivity contribution < 1.29 is 27.5 Å². The lowest BCUT2D eigenvalue weighted by atomic mass is 10.1. The molecule has 1 aliphatic heterocycles. The number of nitrogens with one attached hydrogen (secondary N) is 1. The maximum Gasteiger partial charge on any atom is 0.336 e. The van der Waals surface area contributed by atoms with Crippen LogP contribution in [0.3, 0.4) is 0 Å². The van der Waals surface area contributed by atoms with Crippen molar-refractivity contribution >= 4 is 87.1 Å². The highest BCUT2D eigenvalue weighted by molar-refractivity contribution is 7.92. The highest BCUT2D eigenvalue weighted by Crippen LogP contribution is 2.28. The fraction of sp³-hybridized carbons (Fsp3) is 0.179. The Hall–Kier alpha value is -3.64. The Morgan fingerprint density at radius 2 is 1.52 bits per heavy atom. The number of hydrogen-bond acceptors (Lipinski definition) is 7. The van der Waals surface area contributed by atoms with Crippen molar-refractivity contribution in [3.63, 3.8) is 0 Å². The Morgan fingerprint density at radius 1 is 0.881 bits per heavy atom. The second kappa shape index (κ2) is 14.0. The van der Waals surface area contributed by atoms with Crippen LogP contribution in [0, 0.1) is 5.82 Å². The van der Waals surface area contributed by atoms with E-state index in [1.54, 1.807) is 18.2 Å². The van der Waals surface area contributed by atoms with Gasteiger partial charge < -0.3 is 14.9 Å². The lowest BCUT2D eigenvalue weighted by molar-refractivity contribution is 0.0698. The first-order chi connectivity index (χ1) is 18.6. The molecular weight excluding hydrogens is 630 g/mol. The number of hydrogen-bond donors (Lipinski definition) is 2. The molecule has 3 aromatic carbocycles. The fourth-order valence-electron chi connectivity index (χ4n) is 4.56. The number of carbonyl (C=O) groups excluding carboxylic acids is 1. The van der Waals surface area contributed by atoms with Gasteiger partial charge in [0.2, 0.25) is 0 Å². The molecule has 0 amide bonds. The lowest BCUT2D eigenvalue weighted by Gasteiger charge is -2.37. The van der Waals surface area contributed by atoms with Crippen molar-refractivity contribution in [3.8, 4) is 0 Å². The van der Waals surface area contributed by atoms with Gasteiger partial charge in [0, 0.05) is 48.5 Å². The van der Waals surface area contributed by atoms with E-state index in [1.165, 1.54) is 37.3 Å². The van der Waals surface area contributed by atoms with E-state index >= 15 is 0 Å². The predicted molar refractivity (Wildman–Crippen MR) is 169 cm³/mol. The minimum Gasteiger partial charge on any atom is -0.478 e. The number of pyridine rings is 1. The maximum atomic E-state index is 13.5. The van der Waals surface area contributed by atoms with Crippen LogP contribution >= 0.6 is 37.2 Å². The molecule has 14 heteroatoms. The Bertz CT molecular complexity index is 1700. The van der Waals surface area contributed by atoms with Gasteiger partial charge in [-0.05, 0) is 73.7 Å². The van der Waals surface area contributed by atoms with Gasteiger partial charge in [-0.3, -0.25) is 9.52 Å². The number of benzene rings is 3. The van der Waals surface area contributed by atoms with Gasteiger partial charge in [-0.15, -0.1) is 37.2 Å². The number of halogens is 4. The number of Topliss-reactive ketones (excluding diaryl/α,β-unsaturated/α-hetero) is 1. The molecule has 0 radical (unpaired) electrons. The third kappa shape index (κ3) is 7.40. The molecule has 0 atom stereocenters. The number of carbonyl (C=O) groups is 2. The second-order valence-corrected chi connectivity index (χ2v) is 10.9. The Labute approximate surface area is 261 Å². The standard InChI is InChI=1S/C28H25FN4O5S.3ClH/c1-18(34)19-5-8-22(9-6-19)32-11-13-33(14-12-32)27-17-25(28(35)36)24-16-21(7-10-26(24)30-27)31-39(37,38)23-4-2-3-20(29)15-23;;;/h2-10,15-17,31H,11-14H2,1H3,(H,35,36);3*1H. The average Bonchev–Trinajstić information content (AvgIpc) is 2.92. The zero-order valence-corrected chi connectivity index (χ0v) is 25.5. The third-order valence-corrected chi connectivity index (χ3v) is 8.01. The Kier molecular flexibility index (Phi) is 11.5. The van der Waals surface area contributed by atoms with E-state index in [0.717, 1.165) is 17.8 Å². The molecule has 2 N–H and O–H groups in total. The summed E-state index contributed by atoms with van der Waals surface area (Å²) in [5.41, 5.74) is 2.19. The molecule has 42 heavy (non-hydrogen) atoms. The molecule has 0 spiro atoms. The van der Waals surface area contributed by atoms with Gasteiger partial charge in [0.25, 0.3) is 10.0 Å². The maximum absolute atomic E-state index is 13.5. The summed E-state index contributed by atoms with van der Waals surface area (Å²) < 4.78 is 41.3. The van der Waals surface area contributed by atoms with Gasteiger partial charge in [-0.25, -0.2) is 22.6 Å². The molecule has 9 nitrogen and oxygen atoms in total. The van der Waals surface area contributed by atoms with Crippen LogP contribution < -0.4 is 14.5 Å². The number of aromatic carboxylic acids is 1. The fourth-order valence-corrected chi connectivity index (χ4v) is 5.64. The molecule has 1 aliphatic rings. The summed E-state index contributed by atoms with van der Waals surface area (Å²) in [6, 6.07) is 18.0. The first-order valence-electron chi connectivity index (χ1n) is 12.2. The van der Waals surface area contributed by atoms with Crippen LogP contribution in [0.1, 0.15) is 27.6 Å². The SMILES string of the molecule is CC(=O)c1ccc(N2CCN(c3cc(C(=O)O)c4cc(NS(=O)(=O)c5cccc(F)c5)ccc4n3)CC2)cc1.Cl.Cl.Cl. The summed E-state index contributed by atoms with van der Waals surface area (Å²) >= 11 is 0. The first-order valence-corrected chi connectivity index (χ1v) is 13.7. The molecule has 1 aromatic heterocycles. The van der Waals surface area contributed by atoms with Crippen LogP contribution in [0.25, 0.3) is 10.9 Å². The Balaban J connectivity index is 0.00000205. The summed E-state index contributed by atoms with van der Waals surface area (Å²) in [6.07, 6.45) is 0. The minimum absolute atomic E-state index is 0. The summed E-state index contributed by atoms with van der Waals surface area (Å²) in [5, 5.41) is 10.2. The number of carboxylic acids is 1. The highest BCUT2D eigenvalue weighted by Gasteiger charge is 2.22. The first kappa shape index (κ1) is 34.6. The zero-order chi connectivity index (χ0) is 27.7. The van der Waals surface area contributed by atoms with Gasteiger partial charge in [-0.2, -0.15) is 0 Å². The molecule has 5 rings (SSSR count). The largest absolute Gasteiger partial charge is 0.478 e. The van der Waals surface area contributed by atoms with Crippen molar-refractivity contribution in [3.05, 3.63) is 89.7 Å². The van der Waals surface area contributed by atoms with Gasteiger partial charge in [0.05, 0.1) is 16.0 Å². The highest BCUT2D eigenvalue weighted by atomic mass is 35.5. The van der Waals surface area contributed by atoms with Gasteiger partial charge in [0.15, 0.2) is 5.78 Å². The summed E-state index contributed by atoms with van der Waals surface area (Å²) in [7, 11) is -4.09. The molecule has 0 bridgehead atoms. The predicted octanol–water partition coefficient (Wildman–Crippen LogP) is 5.67. The quantitative estimate of drug-likeness (QED) is 0.244. The van der Waals surface area contributed by atoms with Crippen LogP contribution in [0.5, 0.6) is 0 Å². The molecule has 2 heterocycles. The number of anilines is 3. The van der Waals surface area contributed by atoms with E-state index in [1.807, 2.05) is 17.0 Å². The number of rotatable bonds is 7. The number of fused-ring (bicyclic) bond motifs is 1. The van der Waals surface area contributed by atoms with Crippen LogP contribution in [0.4, 0.5) is 21.6 Å². The van der Waals surface area contributed by atoms with Crippen LogP contribution in [-0.2, 0) is 10.0 Å². The molecule has 1 saturated heterocycles. The molecule has 0 unspecified atom stereocenters. The van der Waals surface area contributed by atoms with Crippen molar-refractivity contribution in [2.75, 3.05) is 40.7 Å². The number of piperazine rings is 1. The van der Waals surface area contributed by atoms with Crippen LogP contribution in [-0.4, -0.2) is 56.4 Å². The lowest BCUT2D eigenvalue weighted by Crippen LogP contribution is -2.46. The smallest absolute Gasteiger partial charge is 0.336 e. The van der Waals surface area contributed by atoms with Crippen molar-refractivity contribution in [2.24, 2.45) is 0 Å². The zero-order valence-electron chi connectivity index (χ0n) is 22.2. The molecule has 4 aromatic rings. The summed E-state index contributed by atoms with van der Waals surface area (Å²) in [6.45, 7) is 4.11. The number of aromatic nitrogens is 1. The number of nitrogens with zero attached hydrogens (tertiary/aromatic N) is 3. The average molecular weight is 658 g/mol. The number of ketones is 1. The monoisotopic (exact) mass is 656 g/mol. The van der Waals surface area contributed by atoms with Crippen LogP contribution in [0.2, 0.25) is 0 Å². The normalized spacial score (nSPS) is 12.9. The third-order valence-electron chi connectivity index (χ3n) is 6.63. The second-order valence-electron chi connectivity index (χ2n) is 9.21. The molecule has 1 fully saturated rings. The molecule has 0 aliphatic carbocycles. The van der Waals surface area contributed by atoms with Crippen molar-refractivity contribution in [2.45, 2.75) is 11.8 Å². The minimum atomic E-state index is -4.09. The van der Waals surface area contributed by atoms with E-state index in [4.69, 9.17) is 0 Å². The molecule has 224 valence electrons. The Morgan fingerprint density at radius 3 is 2.12 bits per heavy atom. The van der Waals surface area contributed by atoms with E-state index in [-0.39, 0.29) is 64.5 Å². The van der Waals surface area contributed by atoms with Gasteiger partial charge in [-0.1, -0.05) is 6.07 Å². The van der Waals surface area contributed by atoms with Gasteiger partial charge in [0.1, 0.15) is 11.6 Å². The number of carboxylic acid groups (broad SMARTS) is 1. The van der Waals surface area contributed by atoms with E-state index < -0.39 is 21.8 Å².